The van der Waals surface area contributed by atoms with Gasteiger partial charge < -0.3 is 10.5 Å². The highest BCUT2D eigenvalue weighted by molar-refractivity contribution is 9.10. The van der Waals surface area contributed by atoms with Gasteiger partial charge in [-0.05, 0) is 58.9 Å². The standard InChI is InChI=1S/C16H25BrN2O/c1-3-12-6-7-19(14(8-12)10-18)11-13-4-5-16(20-2)15(17)9-13/h4-5,9,12,14H,3,6-8,10-11,18H2,1-2H3. The van der Waals surface area contributed by atoms with E-state index in [4.69, 9.17) is 10.5 Å². The largest absolute Gasteiger partial charge is 0.496 e. The fourth-order valence-corrected chi connectivity index (χ4v) is 3.64. The van der Waals surface area contributed by atoms with Crippen LogP contribution in [0.15, 0.2) is 22.7 Å². The van der Waals surface area contributed by atoms with Gasteiger partial charge in [0.2, 0.25) is 0 Å². The van der Waals surface area contributed by atoms with Crippen molar-refractivity contribution in [3.05, 3.63) is 28.2 Å². The van der Waals surface area contributed by atoms with Crippen molar-refractivity contribution >= 4 is 15.9 Å². The second-order valence-electron chi connectivity index (χ2n) is 5.63. The molecule has 1 aliphatic heterocycles. The number of nitrogens with zero attached hydrogens (tertiary/aromatic N) is 1. The van der Waals surface area contributed by atoms with Gasteiger partial charge in [-0.25, -0.2) is 0 Å². The second kappa shape index (κ2) is 7.43. The summed E-state index contributed by atoms with van der Waals surface area (Å²) in [5, 5.41) is 0. The van der Waals surface area contributed by atoms with Crippen LogP contribution in [0.25, 0.3) is 0 Å². The normalized spacial score (nSPS) is 23.8. The molecule has 0 amide bonds. The number of hydrogen-bond donors (Lipinski definition) is 1. The maximum atomic E-state index is 5.97. The molecule has 112 valence electrons. The average Bonchev–Trinajstić information content (AvgIpc) is 2.48. The van der Waals surface area contributed by atoms with Crippen LogP contribution in [0.2, 0.25) is 0 Å². The van der Waals surface area contributed by atoms with Gasteiger partial charge in [-0.1, -0.05) is 19.4 Å². The molecule has 2 N–H and O–H groups in total. The van der Waals surface area contributed by atoms with Gasteiger partial charge in [-0.2, -0.15) is 0 Å². The van der Waals surface area contributed by atoms with E-state index in [1.165, 1.54) is 24.8 Å². The Balaban J connectivity index is 2.03. The minimum atomic E-state index is 0.523. The summed E-state index contributed by atoms with van der Waals surface area (Å²) in [7, 11) is 1.69. The smallest absolute Gasteiger partial charge is 0.133 e. The molecule has 1 aromatic rings. The number of rotatable bonds is 5. The Morgan fingerprint density at radius 3 is 2.85 bits per heavy atom. The maximum Gasteiger partial charge on any atom is 0.133 e. The summed E-state index contributed by atoms with van der Waals surface area (Å²) in [4.78, 5) is 2.53. The Morgan fingerprint density at radius 2 is 2.25 bits per heavy atom. The van der Waals surface area contributed by atoms with Gasteiger partial charge in [0.1, 0.15) is 5.75 Å². The lowest BCUT2D eigenvalue weighted by Crippen LogP contribution is -2.46. The Bertz CT molecular complexity index is 438. The highest BCUT2D eigenvalue weighted by Crippen LogP contribution is 2.29. The van der Waals surface area contributed by atoms with Crippen molar-refractivity contribution in [1.29, 1.82) is 0 Å². The van der Waals surface area contributed by atoms with Gasteiger partial charge in [0, 0.05) is 19.1 Å². The van der Waals surface area contributed by atoms with Crippen LogP contribution in [0.1, 0.15) is 31.7 Å². The first-order chi connectivity index (χ1) is 9.67. The molecular formula is C16H25BrN2O. The van der Waals surface area contributed by atoms with Crippen molar-refractivity contribution in [2.24, 2.45) is 11.7 Å². The molecule has 0 aromatic heterocycles. The number of likely N-dealkylation sites (tertiary alicyclic amines) is 1. The molecule has 20 heavy (non-hydrogen) atoms. The Labute approximate surface area is 130 Å². The summed E-state index contributed by atoms with van der Waals surface area (Å²) in [5.74, 6) is 1.73. The Hall–Kier alpha value is -0.580. The van der Waals surface area contributed by atoms with Crippen molar-refractivity contribution in [3.8, 4) is 5.75 Å². The number of ether oxygens (including phenoxy) is 1. The van der Waals surface area contributed by atoms with Gasteiger partial charge in [-0.15, -0.1) is 0 Å². The van der Waals surface area contributed by atoms with Gasteiger partial charge in [0.15, 0.2) is 0 Å². The van der Waals surface area contributed by atoms with Gasteiger partial charge in [0.25, 0.3) is 0 Å². The molecule has 1 heterocycles. The van der Waals surface area contributed by atoms with Crippen LogP contribution >= 0.6 is 15.9 Å². The minimum Gasteiger partial charge on any atom is -0.496 e. The molecule has 3 nitrogen and oxygen atoms in total. The third-order valence-corrected chi connectivity index (χ3v) is 5.02. The predicted molar refractivity (Wildman–Crippen MR) is 87.0 cm³/mol. The summed E-state index contributed by atoms with van der Waals surface area (Å²) in [6.45, 7) is 5.17. The van der Waals surface area contributed by atoms with Crippen molar-refractivity contribution in [1.82, 2.24) is 4.90 Å². The Morgan fingerprint density at radius 1 is 1.45 bits per heavy atom. The Kier molecular flexibility index (Phi) is 5.87. The van der Waals surface area contributed by atoms with Crippen LogP contribution in [0.3, 0.4) is 0 Å². The summed E-state index contributed by atoms with van der Waals surface area (Å²) < 4.78 is 6.30. The maximum absolute atomic E-state index is 5.97. The van der Waals surface area contributed by atoms with Crippen molar-refractivity contribution in [3.63, 3.8) is 0 Å². The molecule has 0 saturated carbocycles. The van der Waals surface area contributed by atoms with Crippen LogP contribution in [0.4, 0.5) is 0 Å². The van der Waals surface area contributed by atoms with E-state index in [1.54, 1.807) is 7.11 Å². The zero-order valence-corrected chi connectivity index (χ0v) is 14.0. The zero-order chi connectivity index (χ0) is 14.5. The number of hydrogen-bond acceptors (Lipinski definition) is 3. The zero-order valence-electron chi connectivity index (χ0n) is 12.4. The first-order valence-electron chi connectivity index (χ1n) is 7.44. The molecule has 0 radical (unpaired) electrons. The molecule has 2 unspecified atom stereocenters. The van der Waals surface area contributed by atoms with E-state index in [1.807, 2.05) is 6.07 Å². The summed E-state index contributed by atoms with van der Waals surface area (Å²) in [6.07, 6.45) is 3.81. The van der Waals surface area contributed by atoms with Crippen LogP contribution < -0.4 is 10.5 Å². The molecule has 2 atom stereocenters. The third-order valence-electron chi connectivity index (χ3n) is 4.40. The molecule has 0 bridgehead atoms. The van der Waals surface area contributed by atoms with Gasteiger partial charge >= 0.3 is 0 Å². The first kappa shape index (κ1) is 15.8. The van der Waals surface area contributed by atoms with E-state index < -0.39 is 0 Å². The lowest BCUT2D eigenvalue weighted by atomic mass is 9.88. The first-order valence-corrected chi connectivity index (χ1v) is 8.23. The molecule has 1 aromatic carbocycles. The quantitative estimate of drug-likeness (QED) is 0.892. The van der Waals surface area contributed by atoms with Crippen LogP contribution in [0, 0.1) is 5.92 Å². The second-order valence-corrected chi connectivity index (χ2v) is 6.48. The molecular weight excluding hydrogens is 316 g/mol. The van der Waals surface area contributed by atoms with Crippen LogP contribution in [-0.4, -0.2) is 31.1 Å². The third kappa shape index (κ3) is 3.74. The van der Waals surface area contributed by atoms with Crippen molar-refractivity contribution in [2.75, 3.05) is 20.2 Å². The fraction of sp³-hybridized carbons (Fsp3) is 0.625. The lowest BCUT2D eigenvalue weighted by Gasteiger charge is -2.39. The summed E-state index contributed by atoms with van der Waals surface area (Å²) >= 11 is 3.56. The van der Waals surface area contributed by atoms with E-state index in [-0.39, 0.29) is 0 Å². The number of piperidine rings is 1. The molecule has 0 spiro atoms. The van der Waals surface area contributed by atoms with Gasteiger partial charge in [-0.3, -0.25) is 4.90 Å². The van der Waals surface area contributed by atoms with Crippen molar-refractivity contribution < 1.29 is 4.74 Å². The molecule has 1 fully saturated rings. The van der Waals surface area contributed by atoms with E-state index in [0.717, 1.165) is 35.8 Å². The molecule has 1 saturated heterocycles. The monoisotopic (exact) mass is 340 g/mol. The fourth-order valence-electron chi connectivity index (χ4n) is 3.05. The van der Waals surface area contributed by atoms with Gasteiger partial charge in [0.05, 0.1) is 11.6 Å². The van der Waals surface area contributed by atoms with E-state index in [9.17, 15) is 0 Å². The van der Waals surface area contributed by atoms with E-state index in [0.29, 0.717) is 6.04 Å². The van der Waals surface area contributed by atoms with Crippen LogP contribution in [-0.2, 0) is 6.54 Å². The highest BCUT2D eigenvalue weighted by atomic mass is 79.9. The molecule has 0 aliphatic carbocycles. The minimum absolute atomic E-state index is 0.523. The number of halogens is 1. The lowest BCUT2D eigenvalue weighted by molar-refractivity contribution is 0.107. The van der Waals surface area contributed by atoms with Crippen LogP contribution in [0.5, 0.6) is 5.75 Å². The average molecular weight is 341 g/mol. The molecule has 1 aliphatic rings. The summed E-state index contributed by atoms with van der Waals surface area (Å²) in [6, 6.07) is 6.84. The van der Waals surface area contributed by atoms with E-state index >= 15 is 0 Å². The predicted octanol–water partition coefficient (Wildman–Crippen LogP) is 3.41. The summed E-state index contributed by atoms with van der Waals surface area (Å²) in [5.41, 5.74) is 7.28. The molecule has 4 heteroatoms. The topological polar surface area (TPSA) is 38.5 Å². The molecule has 2 rings (SSSR count). The van der Waals surface area contributed by atoms with Crippen molar-refractivity contribution in [2.45, 2.75) is 38.8 Å². The number of nitrogens with two attached hydrogens (primary N) is 1. The SMILES string of the molecule is CCC1CCN(Cc2ccc(OC)c(Br)c2)C(CN)C1. The number of benzene rings is 1. The highest BCUT2D eigenvalue weighted by Gasteiger charge is 2.26. The van der Waals surface area contributed by atoms with E-state index in [2.05, 4.69) is 39.9 Å². The number of methoxy groups -OCH3 is 1.